The van der Waals surface area contributed by atoms with Crippen LogP contribution in [0.25, 0.3) is 0 Å². The summed E-state index contributed by atoms with van der Waals surface area (Å²) < 4.78 is 5.60. The molecule has 0 saturated heterocycles. The monoisotopic (exact) mass is 311 g/mol. The van der Waals surface area contributed by atoms with Crippen molar-refractivity contribution in [3.05, 3.63) is 65.7 Å². The molecule has 0 aliphatic heterocycles. The Morgan fingerprint density at radius 2 is 1.74 bits per heavy atom. The minimum atomic E-state index is -0.0596. The number of carbonyl (C=O) groups excluding carboxylic acids is 1. The summed E-state index contributed by atoms with van der Waals surface area (Å²) in [5.74, 6) is 0.741. The molecule has 3 heteroatoms. The van der Waals surface area contributed by atoms with Gasteiger partial charge in [-0.15, -0.1) is 0 Å². The molecule has 0 radical (unpaired) electrons. The minimum absolute atomic E-state index is 0.0596. The molecule has 122 valence electrons. The van der Waals surface area contributed by atoms with Crippen LogP contribution in [0.5, 0.6) is 5.75 Å². The molecule has 0 saturated carbocycles. The van der Waals surface area contributed by atoms with Crippen LogP contribution in [0.2, 0.25) is 0 Å². The molecule has 23 heavy (non-hydrogen) atoms. The van der Waals surface area contributed by atoms with E-state index in [4.69, 9.17) is 4.74 Å². The molecule has 1 N–H and O–H groups in total. The van der Waals surface area contributed by atoms with Crippen LogP contribution in [0.15, 0.2) is 54.6 Å². The number of amides is 1. The summed E-state index contributed by atoms with van der Waals surface area (Å²) in [5, 5.41) is 2.91. The largest absolute Gasteiger partial charge is 0.483 e. The highest BCUT2D eigenvalue weighted by molar-refractivity contribution is 5.77. The summed E-state index contributed by atoms with van der Waals surface area (Å²) in [6.07, 6.45) is 4.00. The van der Waals surface area contributed by atoms with E-state index in [2.05, 4.69) is 36.5 Å². The van der Waals surface area contributed by atoms with Crippen LogP contribution in [0.4, 0.5) is 0 Å². The summed E-state index contributed by atoms with van der Waals surface area (Å²) in [6.45, 7) is 2.86. The first-order valence-electron chi connectivity index (χ1n) is 8.31. The van der Waals surface area contributed by atoms with Crippen LogP contribution in [0, 0.1) is 0 Å². The van der Waals surface area contributed by atoms with Crippen molar-refractivity contribution in [1.29, 1.82) is 0 Å². The van der Waals surface area contributed by atoms with E-state index in [9.17, 15) is 4.79 Å². The highest BCUT2D eigenvalue weighted by Gasteiger charge is 2.05. The van der Waals surface area contributed by atoms with Gasteiger partial charge in [-0.05, 0) is 42.9 Å². The van der Waals surface area contributed by atoms with E-state index in [1.54, 1.807) is 0 Å². The molecule has 0 unspecified atom stereocenters. The maximum Gasteiger partial charge on any atom is 0.257 e. The van der Waals surface area contributed by atoms with Crippen molar-refractivity contribution in [3.63, 3.8) is 0 Å². The zero-order valence-corrected chi connectivity index (χ0v) is 13.8. The minimum Gasteiger partial charge on any atom is -0.483 e. The number of para-hydroxylation sites is 1. The average Bonchev–Trinajstić information content (AvgIpc) is 2.60. The third kappa shape index (κ3) is 6.15. The summed E-state index contributed by atoms with van der Waals surface area (Å²) in [7, 11) is 0. The van der Waals surface area contributed by atoms with Gasteiger partial charge in [0.15, 0.2) is 6.61 Å². The van der Waals surface area contributed by atoms with Gasteiger partial charge in [-0.3, -0.25) is 4.79 Å². The van der Waals surface area contributed by atoms with E-state index in [-0.39, 0.29) is 12.5 Å². The molecule has 3 nitrogen and oxygen atoms in total. The molecule has 0 aliphatic carbocycles. The highest BCUT2D eigenvalue weighted by atomic mass is 16.5. The Kier molecular flexibility index (Phi) is 7.18. The molecule has 2 aromatic carbocycles. The summed E-state index contributed by atoms with van der Waals surface area (Å²) in [6, 6.07) is 18.3. The van der Waals surface area contributed by atoms with Crippen LogP contribution in [0.1, 0.15) is 30.9 Å². The fourth-order valence-corrected chi connectivity index (χ4v) is 2.46. The Hall–Kier alpha value is -2.29. The van der Waals surface area contributed by atoms with Gasteiger partial charge < -0.3 is 10.1 Å². The molecule has 1 amide bonds. The van der Waals surface area contributed by atoms with Crippen LogP contribution >= 0.6 is 0 Å². The van der Waals surface area contributed by atoms with Gasteiger partial charge in [-0.2, -0.15) is 0 Å². The maximum absolute atomic E-state index is 11.8. The van der Waals surface area contributed by atoms with E-state index < -0.39 is 0 Å². The van der Waals surface area contributed by atoms with Crippen molar-refractivity contribution in [2.45, 2.75) is 32.6 Å². The second-order valence-electron chi connectivity index (χ2n) is 5.54. The number of carbonyl (C=O) groups is 1. The molecule has 0 atom stereocenters. The fraction of sp³-hybridized carbons (Fsp3) is 0.350. The van der Waals surface area contributed by atoms with Crippen molar-refractivity contribution < 1.29 is 9.53 Å². The van der Waals surface area contributed by atoms with Gasteiger partial charge in [0, 0.05) is 6.54 Å². The molecule has 0 spiro atoms. The number of hydrogen-bond acceptors (Lipinski definition) is 2. The number of unbranched alkanes of at least 4 members (excludes halogenated alkanes) is 1. The predicted octanol–water partition coefficient (Wildman–Crippen LogP) is 3.77. The first kappa shape index (κ1) is 17.1. The van der Waals surface area contributed by atoms with Crippen molar-refractivity contribution in [2.24, 2.45) is 0 Å². The standard InChI is InChI=1S/C20H25NO2/c1-2-18-13-6-7-14-19(18)23-16-20(22)21-15-9-8-12-17-10-4-3-5-11-17/h3-7,10-11,13-14H,2,8-9,12,15-16H2,1H3,(H,21,22). The van der Waals surface area contributed by atoms with Gasteiger partial charge >= 0.3 is 0 Å². The normalized spacial score (nSPS) is 10.3. The van der Waals surface area contributed by atoms with Crippen molar-refractivity contribution in [2.75, 3.05) is 13.2 Å². The second kappa shape index (κ2) is 9.67. The molecular weight excluding hydrogens is 286 g/mol. The number of ether oxygens (including phenoxy) is 1. The number of benzene rings is 2. The van der Waals surface area contributed by atoms with E-state index in [0.717, 1.165) is 37.0 Å². The van der Waals surface area contributed by atoms with Gasteiger partial charge in [0.1, 0.15) is 5.75 Å². The maximum atomic E-state index is 11.8. The Bertz CT molecular complexity index is 596. The molecule has 0 aromatic heterocycles. The molecule has 0 aliphatic rings. The van der Waals surface area contributed by atoms with Gasteiger partial charge in [0.05, 0.1) is 0 Å². The zero-order valence-electron chi connectivity index (χ0n) is 13.8. The quantitative estimate of drug-likeness (QED) is 0.716. The first-order chi connectivity index (χ1) is 11.3. The molecule has 0 fully saturated rings. The lowest BCUT2D eigenvalue weighted by Crippen LogP contribution is -2.29. The van der Waals surface area contributed by atoms with Gasteiger partial charge in [0.25, 0.3) is 5.91 Å². The SMILES string of the molecule is CCc1ccccc1OCC(=O)NCCCCc1ccccc1. The van der Waals surface area contributed by atoms with Crippen molar-refractivity contribution >= 4 is 5.91 Å². The van der Waals surface area contributed by atoms with Crippen molar-refractivity contribution in [1.82, 2.24) is 5.32 Å². The topological polar surface area (TPSA) is 38.3 Å². The smallest absolute Gasteiger partial charge is 0.257 e. The number of nitrogens with one attached hydrogen (secondary N) is 1. The molecule has 0 bridgehead atoms. The van der Waals surface area contributed by atoms with Gasteiger partial charge in [0.2, 0.25) is 0 Å². The van der Waals surface area contributed by atoms with E-state index in [0.29, 0.717) is 6.54 Å². The van der Waals surface area contributed by atoms with Crippen LogP contribution in [0.3, 0.4) is 0 Å². The number of aryl methyl sites for hydroxylation is 2. The fourth-order valence-electron chi connectivity index (χ4n) is 2.46. The average molecular weight is 311 g/mol. The first-order valence-corrected chi connectivity index (χ1v) is 8.31. The third-order valence-electron chi connectivity index (χ3n) is 3.77. The van der Waals surface area contributed by atoms with Crippen LogP contribution < -0.4 is 10.1 Å². The molecular formula is C20H25NO2. The van der Waals surface area contributed by atoms with E-state index >= 15 is 0 Å². The Morgan fingerprint density at radius 1 is 1.00 bits per heavy atom. The van der Waals surface area contributed by atoms with Crippen LogP contribution in [-0.2, 0) is 17.6 Å². The third-order valence-corrected chi connectivity index (χ3v) is 3.77. The van der Waals surface area contributed by atoms with Gasteiger partial charge in [-0.25, -0.2) is 0 Å². The second-order valence-corrected chi connectivity index (χ2v) is 5.54. The summed E-state index contributed by atoms with van der Waals surface area (Å²) in [4.78, 5) is 11.8. The van der Waals surface area contributed by atoms with Crippen molar-refractivity contribution in [3.8, 4) is 5.75 Å². The Morgan fingerprint density at radius 3 is 2.52 bits per heavy atom. The molecule has 2 rings (SSSR count). The number of hydrogen-bond donors (Lipinski definition) is 1. The van der Waals surface area contributed by atoms with Crippen LogP contribution in [-0.4, -0.2) is 19.1 Å². The Labute approximate surface area is 138 Å². The lowest BCUT2D eigenvalue weighted by molar-refractivity contribution is -0.123. The van der Waals surface area contributed by atoms with E-state index in [1.807, 2.05) is 30.3 Å². The summed E-state index contributed by atoms with van der Waals surface area (Å²) in [5.41, 5.74) is 2.47. The van der Waals surface area contributed by atoms with E-state index in [1.165, 1.54) is 5.56 Å². The lowest BCUT2D eigenvalue weighted by atomic mass is 10.1. The summed E-state index contributed by atoms with van der Waals surface area (Å²) >= 11 is 0. The molecule has 0 heterocycles. The molecule has 2 aromatic rings. The zero-order chi connectivity index (χ0) is 16.3. The Balaban J connectivity index is 1.60. The lowest BCUT2D eigenvalue weighted by Gasteiger charge is -2.10. The van der Waals surface area contributed by atoms with Gasteiger partial charge in [-0.1, -0.05) is 55.5 Å². The number of rotatable bonds is 9. The highest BCUT2D eigenvalue weighted by Crippen LogP contribution is 2.17. The predicted molar refractivity (Wildman–Crippen MR) is 93.7 cm³/mol.